The Morgan fingerprint density at radius 1 is 1.29 bits per heavy atom. The van der Waals surface area contributed by atoms with E-state index in [0.29, 0.717) is 6.04 Å². The van der Waals surface area contributed by atoms with Crippen molar-refractivity contribution in [3.05, 3.63) is 24.2 Å². The Balaban J connectivity index is 1.92. The van der Waals surface area contributed by atoms with Crippen molar-refractivity contribution in [2.24, 2.45) is 0 Å². The van der Waals surface area contributed by atoms with Gasteiger partial charge in [0.15, 0.2) is 0 Å². The van der Waals surface area contributed by atoms with Gasteiger partial charge in [-0.05, 0) is 46.6 Å². The van der Waals surface area contributed by atoms with E-state index < -0.39 is 0 Å². The van der Waals surface area contributed by atoms with Crippen LogP contribution in [0.4, 0.5) is 0 Å². The topological polar surface area (TPSA) is 37.2 Å². The molecule has 0 unspecified atom stereocenters. The molecule has 3 nitrogen and oxygen atoms in total. The van der Waals surface area contributed by atoms with Gasteiger partial charge < -0.3 is 15.1 Å². The maximum atomic E-state index is 5.08. The van der Waals surface area contributed by atoms with Crippen molar-refractivity contribution in [2.75, 3.05) is 0 Å². The van der Waals surface area contributed by atoms with Gasteiger partial charge in [-0.15, -0.1) is 0 Å². The van der Waals surface area contributed by atoms with E-state index in [-0.39, 0.29) is 11.1 Å². The highest BCUT2D eigenvalue weighted by molar-refractivity contribution is 5.06. The first-order valence-electron chi connectivity index (χ1n) is 6.40. The minimum Gasteiger partial charge on any atom is -0.472 e. The Labute approximate surface area is 104 Å². The molecule has 2 rings (SSSR count). The Morgan fingerprint density at radius 2 is 1.94 bits per heavy atom. The first-order valence-corrected chi connectivity index (χ1v) is 6.40. The van der Waals surface area contributed by atoms with Crippen molar-refractivity contribution in [1.82, 2.24) is 10.6 Å². The summed E-state index contributed by atoms with van der Waals surface area (Å²) in [5.74, 6) is 0. The molecule has 0 saturated carbocycles. The van der Waals surface area contributed by atoms with Gasteiger partial charge in [-0.25, -0.2) is 0 Å². The fourth-order valence-electron chi connectivity index (χ4n) is 3.12. The Morgan fingerprint density at radius 3 is 2.47 bits per heavy atom. The number of rotatable bonds is 3. The number of hydrogen-bond donors (Lipinski definition) is 2. The molecule has 0 aromatic carbocycles. The molecule has 0 amide bonds. The average Bonchev–Trinajstić information content (AvgIpc) is 2.61. The van der Waals surface area contributed by atoms with E-state index >= 15 is 0 Å². The average molecular weight is 236 g/mol. The second kappa shape index (κ2) is 4.46. The van der Waals surface area contributed by atoms with Crippen molar-refractivity contribution >= 4 is 0 Å². The molecule has 17 heavy (non-hydrogen) atoms. The third-order valence-corrected chi connectivity index (χ3v) is 3.37. The molecule has 0 radical (unpaired) electrons. The molecular weight excluding hydrogens is 212 g/mol. The van der Waals surface area contributed by atoms with Gasteiger partial charge in [-0.3, -0.25) is 0 Å². The summed E-state index contributed by atoms with van der Waals surface area (Å²) in [4.78, 5) is 0. The molecule has 3 heteroatoms. The maximum absolute atomic E-state index is 5.08. The molecular formula is C14H24N2O. The second-order valence-electron chi connectivity index (χ2n) is 6.51. The minimum absolute atomic E-state index is 0.204. The molecule has 1 aromatic rings. The number of piperidine rings is 1. The molecule has 0 aliphatic carbocycles. The Bertz CT molecular complexity index is 338. The molecule has 1 fully saturated rings. The van der Waals surface area contributed by atoms with Gasteiger partial charge in [0.2, 0.25) is 0 Å². The zero-order chi connectivity index (χ0) is 12.5. The number of nitrogens with one attached hydrogen (secondary N) is 2. The van der Waals surface area contributed by atoms with Gasteiger partial charge in [0.25, 0.3) is 0 Å². The molecule has 1 aromatic heterocycles. The van der Waals surface area contributed by atoms with Gasteiger partial charge in [-0.2, -0.15) is 0 Å². The molecule has 2 N–H and O–H groups in total. The van der Waals surface area contributed by atoms with Crippen molar-refractivity contribution in [1.29, 1.82) is 0 Å². The van der Waals surface area contributed by atoms with E-state index in [1.165, 1.54) is 5.56 Å². The van der Waals surface area contributed by atoms with Crippen LogP contribution in [-0.4, -0.2) is 17.1 Å². The van der Waals surface area contributed by atoms with Crippen molar-refractivity contribution in [3.8, 4) is 0 Å². The van der Waals surface area contributed by atoms with Gasteiger partial charge in [0.1, 0.15) is 0 Å². The van der Waals surface area contributed by atoms with Crippen LogP contribution >= 0.6 is 0 Å². The smallest absolute Gasteiger partial charge is 0.0947 e. The standard InChI is InChI=1S/C14H24N2O/c1-13(2)7-12(8-14(3,4)16-13)15-9-11-5-6-17-10-11/h5-6,10,12,15-16H,7-9H2,1-4H3. The Hall–Kier alpha value is -0.800. The van der Waals surface area contributed by atoms with Crippen LogP contribution in [0.2, 0.25) is 0 Å². The lowest BCUT2D eigenvalue weighted by atomic mass is 9.79. The predicted molar refractivity (Wildman–Crippen MR) is 69.9 cm³/mol. The van der Waals surface area contributed by atoms with E-state index in [2.05, 4.69) is 38.3 Å². The summed E-state index contributed by atoms with van der Waals surface area (Å²) in [5.41, 5.74) is 1.63. The third kappa shape index (κ3) is 3.58. The second-order valence-corrected chi connectivity index (χ2v) is 6.51. The fourth-order valence-corrected chi connectivity index (χ4v) is 3.12. The van der Waals surface area contributed by atoms with Crippen LogP contribution in [0.15, 0.2) is 23.0 Å². The predicted octanol–water partition coefficient (Wildman–Crippen LogP) is 2.68. The monoisotopic (exact) mass is 236 g/mol. The van der Waals surface area contributed by atoms with E-state index in [1.807, 2.05) is 12.3 Å². The molecule has 96 valence electrons. The summed E-state index contributed by atoms with van der Waals surface area (Å²) in [5, 5.41) is 7.33. The van der Waals surface area contributed by atoms with Crippen molar-refractivity contribution in [3.63, 3.8) is 0 Å². The lowest BCUT2D eigenvalue weighted by Crippen LogP contribution is -2.61. The highest BCUT2D eigenvalue weighted by Gasteiger charge is 2.37. The zero-order valence-corrected chi connectivity index (χ0v) is 11.3. The number of hydrogen-bond acceptors (Lipinski definition) is 3. The van der Waals surface area contributed by atoms with Crippen LogP contribution in [0.3, 0.4) is 0 Å². The molecule has 0 spiro atoms. The minimum atomic E-state index is 0.204. The van der Waals surface area contributed by atoms with E-state index in [9.17, 15) is 0 Å². The zero-order valence-electron chi connectivity index (χ0n) is 11.3. The molecule has 1 saturated heterocycles. The molecule has 0 bridgehead atoms. The summed E-state index contributed by atoms with van der Waals surface area (Å²) in [6.07, 6.45) is 5.86. The highest BCUT2D eigenvalue weighted by Crippen LogP contribution is 2.28. The van der Waals surface area contributed by atoms with Gasteiger partial charge >= 0.3 is 0 Å². The Kier molecular flexibility index (Phi) is 3.32. The normalized spacial score (nSPS) is 23.8. The van der Waals surface area contributed by atoms with Gasteiger partial charge in [-0.1, -0.05) is 0 Å². The summed E-state index contributed by atoms with van der Waals surface area (Å²) in [6, 6.07) is 2.58. The maximum Gasteiger partial charge on any atom is 0.0947 e. The number of furan rings is 1. The summed E-state index contributed by atoms with van der Waals surface area (Å²) < 4.78 is 5.08. The van der Waals surface area contributed by atoms with Crippen LogP contribution in [0.5, 0.6) is 0 Å². The largest absolute Gasteiger partial charge is 0.472 e. The van der Waals surface area contributed by atoms with Crippen LogP contribution in [0.25, 0.3) is 0 Å². The highest BCUT2D eigenvalue weighted by atomic mass is 16.3. The summed E-state index contributed by atoms with van der Waals surface area (Å²) >= 11 is 0. The fraction of sp³-hybridized carbons (Fsp3) is 0.714. The van der Waals surface area contributed by atoms with E-state index in [0.717, 1.165) is 19.4 Å². The third-order valence-electron chi connectivity index (χ3n) is 3.37. The summed E-state index contributed by atoms with van der Waals surface area (Å²) in [7, 11) is 0. The SMILES string of the molecule is CC1(C)CC(NCc2ccoc2)CC(C)(C)N1. The molecule has 1 aliphatic rings. The van der Waals surface area contributed by atoms with Crippen LogP contribution in [0, 0.1) is 0 Å². The lowest BCUT2D eigenvalue weighted by Gasteiger charge is -2.46. The van der Waals surface area contributed by atoms with Crippen molar-refractivity contribution in [2.45, 2.75) is 64.2 Å². The quantitative estimate of drug-likeness (QED) is 0.847. The molecule has 2 heterocycles. The van der Waals surface area contributed by atoms with Gasteiger partial charge in [0.05, 0.1) is 12.5 Å². The molecule has 1 aliphatic heterocycles. The first kappa shape index (κ1) is 12.7. The van der Waals surface area contributed by atoms with Gasteiger partial charge in [0, 0.05) is 29.2 Å². The van der Waals surface area contributed by atoms with E-state index in [4.69, 9.17) is 4.42 Å². The summed E-state index contributed by atoms with van der Waals surface area (Å²) in [6.45, 7) is 10.0. The van der Waals surface area contributed by atoms with Crippen molar-refractivity contribution < 1.29 is 4.42 Å². The molecule has 0 atom stereocenters. The van der Waals surface area contributed by atoms with Crippen LogP contribution < -0.4 is 10.6 Å². The van der Waals surface area contributed by atoms with Crippen LogP contribution in [0.1, 0.15) is 46.1 Å². The lowest BCUT2D eigenvalue weighted by molar-refractivity contribution is 0.145. The van der Waals surface area contributed by atoms with Crippen LogP contribution in [-0.2, 0) is 6.54 Å². The van der Waals surface area contributed by atoms with E-state index in [1.54, 1.807) is 6.26 Å². The first-order chi connectivity index (χ1) is 7.86.